The topological polar surface area (TPSA) is 56.2 Å². The lowest BCUT2D eigenvalue weighted by molar-refractivity contribution is -0.274. The summed E-state index contributed by atoms with van der Waals surface area (Å²) in [6.07, 6.45) is -4.85. The molecule has 10 heteroatoms. The van der Waals surface area contributed by atoms with Crippen molar-refractivity contribution < 1.29 is 27.1 Å². The van der Waals surface area contributed by atoms with Crippen LogP contribution in [0.25, 0.3) is 5.69 Å². The fourth-order valence-corrected chi connectivity index (χ4v) is 3.01. The summed E-state index contributed by atoms with van der Waals surface area (Å²) in [5, 5.41) is 6.69. The van der Waals surface area contributed by atoms with E-state index in [2.05, 4.69) is 15.2 Å². The number of carbonyl (C=O) groups is 1. The van der Waals surface area contributed by atoms with E-state index in [1.165, 1.54) is 47.1 Å². The maximum Gasteiger partial charge on any atom is 0.573 e. The second kappa shape index (κ2) is 8.12. The molecule has 0 aliphatic heterocycles. The van der Waals surface area contributed by atoms with Gasteiger partial charge in [0.15, 0.2) is 0 Å². The predicted molar refractivity (Wildman–Crippen MR) is 97.6 cm³/mol. The van der Waals surface area contributed by atoms with Crippen LogP contribution in [0.15, 0.2) is 48.5 Å². The number of nitrogens with one attached hydrogen (secondary N) is 1. The van der Waals surface area contributed by atoms with Crippen LogP contribution in [0.5, 0.6) is 5.75 Å². The molecular formula is C19H14ClF4N3O2. The van der Waals surface area contributed by atoms with Gasteiger partial charge in [-0.05, 0) is 37.3 Å². The van der Waals surface area contributed by atoms with E-state index >= 15 is 0 Å². The van der Waals surface area contributed by atoms with Gasteiger partial charge in [0.2, 0.25) is 0 Å². The van der Waals surface area contributed by atoms with Crippen LogP contribution in [0.2, 0.25) is 5.15 Å². The Labute approximate surface area is 167 Å². The summed E-state index contributed by atoms with van der Waals surface area (Å²) in [7, 11) is 0. The van der Waals surface area contributed by atoms with Gasteiger partial charge in [0.1, 0.15) is 16.7 Å². The van der Waals surface area contributed by atoms with Gasteiger partial charge in [-0.2, -0.15) is 5.10 Å². The zero-order chi connectivity index (χ0) is 21.2. The quantitative estimate of drug-likeness (QED) is 0.595. The number of aryl methyl sites for hydroxylation is 1. The number of rotatable bonds is 5. The third-order valence-electron chi connectivity index (χ3n) is 3.94. The van der Waals surface area contributed by atoms with Crippen LogP contribution in [-0.4, -0.2) is 22.1 Å². The molecule has 2 aromatic carbocycles. The minimum absolute atomic E-state index is 0.00793. The first-order valence-electron chi connectivity index (χ1n) is 8.28. The molecule has 0 bridgehead atoms. The first-order valence-corrected chi connectivity index (χ1v) is 8.66. The lowest BCUT2D eigenvalue weighted by Gasteiger charge is -2.13. The van der Waals surface area contributed by atoms with E-state index in [0.29, 0.717) is 11.4 Å². The number of aromatic nitrogens is 2. The van der Waals surface area contributed by atoms with Gasteiger partial charge >= 0.3 is 6.36 Å². The van der Waals surface area contributed by atoms with Crippen molar-refractivity contribution in [2.24, 2.45) is 0 Å². The highest BCUT2D eigenvalue weighted by Crippen LogP contribution is 2.27. The van der Waals surface area contributed by atoms with Crippen molar-refractivity contribution in [3.05, 3.63) is 76.3 Å². The Kier molecular flexibility index (Phi) is 5.78. The largest absolute Gasteiger partial charge is 0.573 e. The summed E-state index contributed by atoms with van der Waals surface area (Å²) < 4.78 is 55.9. The third-order valence-corrected chi connectivity index (χ3v) is 4.29. The minimum atomic E-state index is -4.85. The normalized spacial score (nSPS) is 11.4. The van der Waals surface area contributed by atoms with Crippen molar-refractivity contribution in [1.82, 2.24) is 15.1 Å². The third kappa shape index (κ3) is 4.86. The van der Waals surface area contributed by atoms with E-state index in [1.54, 1.807) is 6.92 Å². The second-order valence-corrected chi connectivity index (χ2v) is 6.34. The van der Waals surface area contributed by atoms with Gasteiger partial charge in [0.05, 0.1) is 16.9 Å². The lowest BCUT2D eigenvalue weighted by Crippen LogP contribution is -2.25. The van der Waals surface area contributed by atoms with E-state index in [1.807, 2.05) is 0 Å². The Bertz CT molecular complexity index is 1030. The number of hydrogen-bond acceptors (Lipinski definition) is 3. The lowest BCUT2D eigenvalue weighted by atomic mass is 10.2. The number of alkyl halides is 3. The SMILES string of the molecule is Cc1nn(-c2ccc(F)cc2)c(Cl)c1C(=O)NCc1ccccc1OC(F)(F)F. The van der Waals surface area contributed by atoms with Crippen LogP contribution < -0.4 is 10.1 Å². The number of amides is 1. The van der Waals surface area contributed by atoms with Crippen molar-refractivity contribution in [1.29, 1.82) is 0 Å². The molecule has 0 radical (unpaired) electrons. The van der Waals surface area contributed by atoms with Gasteiger partial charge in [-0.3, -0.25) is 4.79 Å². The molecule has 0 atom stereocenters. The average Bonchev–Trinajstić information content (AvgIpc) is 2.94. The summed E-state index contributed by atoms with van der Waals surface area (Å²) >= 11 is 6.27. The van der Waals surface area contributed by atoms with Crippen LogP contribution in [0, 0.1) is 12.7 Å². The Hall–Kier alpha value is -3.07. The van der Waals surface area contributed by atoms with Crippen LogP contribution in [-0.2, 0) is 6.54 Å². The number of para-hydroxylation sites is 1. The van der Waals surface area contributed by atoms with Crippen LogP contribution >= 0.6 is 11.6 Å². The molecular weight excluding hydrogens is 414 g/mol. The highest BCUT2D eigenvalue weighted by atomic mass is 35.5. The summed E-state index contributed by atoms with van der Waals surface area (Å²) in [5.41, 5.74) is 0.946. The first kappa shape index (κ1) is 20.7. The zero-order valence-electron chi connectivity index (χ0n) is 14.9. The molecule has 1 heterocycles. The van der Waals surface area contributed by atoms with Crippen LogP contribution in [0.1, 0.15) is 21.6 Å². The van der Waals surface area contributed by atoms with Gasteiger partial charge in [0.25, 0.3) is 5.91 Å². The van der Waals surface area contributed by atoms with E-state index in [0.717, 1.165) is 6.07 Å². The molecule has 0 saturated heterocycles. The molecule has 152 valence electrons. The van der Waals surface area contributed by atoms with Crippen molar-refractivity contribution >= 4 is 17.5 Å². The maximum absolute atomic E-state index is 13.1. The maximum atomic E-state index is 13.1. The summed E-state index contributed by atoms with van der Waals surface area (Å²) in [5.74, 6) is -1.47. The van der Waals surface area contributed by atoms with Gasteiger partial charge in [-0.15, -0.1) is 13.2 Å². The molecule has 0 spiro atoms. The molecule has 5 nitrogen and oxygen atoms in total. The summed E-state index contributed by atoms with van der Waals surface area (Å²) in [6, 6.07) is 10.8. The Morgan fingerprint density at radius 3 is 2.48 bits per heavy atom. The Morgan fingerprint density at radius 2 is 1.83 bits per heavy atom. The molecule has 0 fully saturated rings. The van der Waals surface area contributed by atoms with Crippen molar-refractivity contribution in [2.75, 3.05) is 0 Å². The predicted octanol–water partition coefficient (Wildman–Crippen LogP) is 4.80. The molecule has 3 rings (SSSR count). The number of hydrogen-bond donors (Lipinski definition) is 1. The Balaban J connectivity index is 1.80. The molecule has 3 aromatic rings. The fourth-order valence-electron chi connectivity index (χ4n) is 2.65. The van der Waals surface area contributed by atoms with Crippen molar-refractivity contribution in [2.45, 2.75) is 19.8 Å². The van der Waals surface area contributed by atoms with Gasteiger partial charge < -0.3 is 10.1 Å². The Morgan fingerprint density at radius 1 is 1.17 bits per heavy atom. The molecule has 1 N–H and O–H groups in total. The summed E-state index contributed by atoms with van der Waals surface area (Å²) in [6.45, 7) is 1.34. The molecule has 0 unspecified atom stereocenters. The standard InChI is InChI=1S/C19H14ClF4N3O2/c1-11-16(17(20)27(26-11)14-8-6-13(21)7-9-14)18(28)25-10-12-4-2-3-5-15(12)29-19(22,23)24/h2-9H,10H2,1H3,(H,25,28). The number of ether oxygens (including phenoxy) is 1. The molecule has 0 aliphatic carbocycles. The molecule has 29 heavy (non-hydrogen) atoms. The highest BCUT2D eigenvalue weighted by Gasteiger charge is 2.32. The molecule has 0 saturated carbocycles. The molecule has 1 amide bonds. The molecule has 0 aliphatic rings. The number of carbonyl (C=O) groups excluding carboxylic acids is 1. The van der Waals surface area contributed by atoms with E-state index in [9.17, 15) is 22.4 Å². The van der Waals surface area contributed by atoms with Crippen LogP contribution in [0.4, 0.5) is 17.6 Å². The summed E-state index contributed by atoms with van der Waals surface area (Å²) in [4.78, 5) is 12.6. The first-order chi connectivity index (χ1) is 13.7. The van der Waals surface area contributed by atoms with Crippen molar-refractivity contribution in [3.8, 4) is 11.4 Å². The second-order valence-electron chi connectivity index (χ2n) is 5.98. The van der Waals surface area contributed by atoms with E-state index in [-0.39, 0.29) is 22.8 Å². The fraction of sp³-hybridized carbons (Fsp3) is 0.158. The van der Waals surface area contributed by atoms with E-state index < -0.39 is 23.8 Å². The van der Waals surface area contributed by atoms with Crippen molar-refractivity contribution in [3.63, 3.8) is 0 Å². The van der Waals surface area contributed by atoms with E-state index in [4.69, 9.17) is 11.6 Å². The van der Waals surface area contributed by atoms with Gasteiger partial charge in [-0.25, -0.2) is 9.07 Å². The van der Waals surface area contributed by atoms with Gasteiger partial charge in [0, 0.05) is 12.1 Å². The number of nitrogens with zero attached hydrogens (tertiary/aromatic N) is 2. The van der Waals surface area contributed by atoms with Crippen LogP contribution in [0.3, 0.4) is 0 Å². The monoisotopic (exact) mass is 427 g/mol. The number of halogens is 5. The molecule has 1 aromatic heterocycles. The number of benzene rings is 2. The smallest absolute Gasteiger partial charge is 0.405 e. The zero-order valence-corrected chi connectivity index (χ0v) is 15.7. The highest BCUT2D eigenvalue weighted by molar-refractivity contribution is 6.33. The minimum Gasteiger partial charge on any atom is -0.405 e. The average molecular weight is 428 g/mol. The van der Waals surface area contributed by atoms with Gasteiger partial charge in [-0.1, -0.05) is 29.8 Å².